The van der Waals surface area contributed by atoms with Crippen molar-refractivity contribution in [3.05, 3.63) is 23.3 Å². The molecule has 3 heteroatoms. The summed E-state index contributed by atoms with van der Waals surface area (Å²) in [7, 11) is 3.27. The molecule has 0 aromatic heterocycles. The van der Waals surface area contributed by atoms with Crippen molar-refractivity contribution < 1.29 is 14.3 Å². The van der Waals surface area contributed by atoms with Crippen LogP contribution in [0.25, 0.3) is 0 Å². The fourth-order valence-corrected chi connectivity index (χ4v) is 2.07. The highest BCUT2D eigenvalue weighted by atomic mass is 16.5. The summed E-state index contributed by atoms with van der Waals surface area (Å²) < 4.78 is 10.6. The van der Waals surface area contributed by atoms with Gasteiger partial charge in [0.15, 0.2) is 0 Å². The first-order valence-corrected chi connectivity index (χ1v) is 5.42. The molecule has 3 nitrogen and oxygen atoms in total. The van der Waals surface area contributed by atoms with Crippen LogP contribution in [-0.2, 0) is 4.79 Å². The van der Waals surface area contributed by atoms with Gasteiger partial charge in [-0.15, -0.1) is 0 Å². The van der Waals surface area contributed by atoms with Crippen LogP contribution in [0.1, 0.15) is 29.9 Å². The fourth-order valence-electron chi connectivity index (χ4n) is 2.07. The van der Waals surface area contributed by atoms with Gasteiger partial charge in [0.25, 0.3) is 0 Å². The van der Waals surface area contributed by atoms with Gasteiger partial charge in [-0.2, -0.15) is 0 Å². The highest BCUT2D eigenvalue weighted by molar-refractivity contribution is 5.91. The number of hydrogen-bond acceptors (Lipinski definition) is 3. The molecule has 16 heavy (non-hydrogen) atoms. The minimum Gasteiger partial charge on any atom is -0.496 e. The van der Waals surface area contributed by atoms with E-state index in [0.29, 0.717) is 12.2 Å². The monoisotopic (exact) mass is 220 g/mol. The molecule has 1 aromatic carbocycles. The molecule has 0 heterocycles. The number of carbonyl (C=O) groups excluding carboxylic acids is 1. The Kier molecular flexibility index (Phi) is 2.86. The summed E-state index contributed by atoms with van der Waals surface area (Å²) in [6.45, 7) is 1.95. The lowest BCUT2D eigenvalue weighted by Gasteiger charge is -2.25. The lowest BCUT2D eigenvalue weighted by atomic mass is 9.78. The van der Waals surface area contributed by atoms with Gasteiger partial charge in [0.1, 0.15) is 17.3 Å². The highest BCUT2D eigenvalue weighted by Gasteiger charge is 2.30. The molecule has 1 fully saturated rings. The van der Waals surface area contributed by atoms with Crippen molar-refractivity contribution in [3.8, 4) is 11.5 Å². The third-order valence-corrected chi connectivity index (χ3v) is 3.24. The van der Waals surface area contributed by atoms with Gasteiger partial charge in [-0.25, -0.2) is 0 Å². The number of Topliss-reactive ketones (excluding diaryl/α,β-unsaturated/α-hetero) is 1. The van der Waals surface area contributed by atoms with E-state index in [0.717, 1.165) is 29.0 Å². The summed E-state index contributed by atoms with van der Waals surface area (Å²) in [6.07, 6.45) is 1.64. The Bertz CT molecular complexity index is 398. The number of rotatable bonds is 3. The lowest BCUT2D eigenvalue weighted by Crippen LogP contribution is -2.23. The largest absolute Gasteiger partial charge is 0.496 e. The first-order chi connectivity index (χ1) is 7.67. The van der Waals surface area contributed by atoms with Gasteiger partial charge >= 0.3 is 0 Å². The SMILES string of the molecule is COc1cc(C2CCC2=O)cc(OC)c1C. The molecule has 0 bridgehead atoms. The zero-order chi connectivity index (χ0) is 11.7. The van der Waals surface area contributed by atoms with Crippen molar-refractivity contribution >= 4 is 5.78 Å². The molecule has 1 aliphatic carbocycles. The van der Waals surface area contributed by atoms with Crippen molar-refractivity contribution in [1.82, 2.24) is 0 Å². The standard InChI is InChI=1S/C13H16O3/c1-8-12(15-2)6-9(7-13(8)16-3)10-4-5-11(10)14/h6-7,10H,4-5H2,1-3H3. The zero-order valence-electron chi connectivity index (χ0n) is 9.87. The minimum atomic E-state index is 0.0448. The topological polar surface area (TPSA) is 35.5 Å². The average Bonchev–Trinajstić information content (AvgIpc) is 2.29. The summed E-state index contributed by atoms with van der Waals surface area (Å²) in [6, 6.07) is 3.89. The number of hydrogen-bond donors (Lipinski definition) is 0. The number of carbonyl (C=O) groups is 1. The summed E-state index contributed by atoms with van der Waals surface area (Å²) in [5.74, 6) is 1.93. The van der Waals surface area contributed by atoms with E-state index in [1.165, 1.54) is 0 Å². The second kappa shape index (κ2) is 4.16. The molecule has 0 N–H and O–H groups in total. The number of methoxy groups -OCH3 is 2. The van der Waals surface area contributed by atoms with E-state index < -0.39 is 0 Å². The van der Waals surface area contributed by atoms with Gasteiger partial charge in [-0.3, -0.25) is 4.79 Å². The number of ketones is 1. The molecule has 86 valence electrons. The van der Waals surface area contributed by atoms with E-state index in [9.17, 15) is 4.79 Å². The van der Waals surface area contributed by atoms with E-state index in [4.69, 9.17) is 9.47 Å². The molecule has 1 saturated carbocycles. The second-order valence-corrected chi connectivity index (χ2v) is 4.11. The minimum absolute atomic E-state index is 0.0448. The third kappa shape index (κ3) is 1.66. The lowest BCUT2D eigenvalue weighted by molar-refractivity contribution is -0.125. The molecule has 1 aromatic rings. The fraction of sp³-hybridized carbons (Fsp3) is 0.462. The Balaban J connectivity index is 2.42. The molecule has 1 aliphatic rings. The van der Waals surface area contributed by atoms with Crippen LogP contribution in [0.2, 0.25) is 0 Å². The van der Waals surface area contributed by atoms with Gasteiger partial charge in [-0.1, -0.05) is 0 Å². The van der Waals surface area contributed by atoms with E-state index in [1.807, 2.05) is 19.1 Å². The van der Waals surface area contributed by atoms with Crippen LogP contribution < -0.4 is 9.47 Å². The number of benzene rings is 1. The quantitative estimate of drug-likeness (QED) is 0.785. The van der Waals surface area contributed by atoms with Crippen molar-refractivity contribution in [3.63, 3.8) is 0 Å². The summed E-state index contributed by atoms with van der Waals surface area (Å²) >= 11 is 0. The molecule has 0 amide bonds. The van der Waals surface area contributed by atoms with Crippen LogP contribution in [0.5, 0.6) is 11.5 Å². The van der Waals surface area contributed by atoms with Gasteiger partial charge in [0.2, 0.25) is 0 Å². The molecule has 1 unspecified atom stereocenters. The normalized spacial score (nSPS) is 19.2. The Hall–Kier alpha value is -1.51. The smallest absolute Gasteiger partial charge is 0.140 e. The molecule has 0 radical (unpaired) electrons. The molecular formula is C13H16O3. The van der Waals surface area contributed by atoms with Gasteiger partial charge in [0, 0.05) is 17.9 Å². The van der Waals surface area contributed by atoms with Crippen molar-refractivity contribution in [2.45, 2.75) is 25.7 Å². The van der Waals surface area contributed by atoms with Crippen LogP contribution in [0.15, 0.2) is 12.1 Å². The summed E-state index contributed by atoms with van der Waals surface area (Å²) in [5.41, 5.74) is 1.98. The molecule has 1 atom stereocenters. The maximum absolute atomic E-state index is 11.4. The van der Waals surface area contributed by atoms with Crippen molar-refractivity contribution in [1.29, 1.82) is 0 Å². The Morgan fingerprint density at radius 2 is 1.75 bits per heavy atom. The predicted octanol–water partition coefficient (Wildman–Crippen LogP) is 2.46. The van der Waals surface area contributed by atoms with Gasteiger partial charge in [-0.05, 0) is 31.0 Å². The van der Waals surface area contributed by atoms with Gasteiger partial charge < -0.3 is 9.47 Å². The molecule has 2 rings (SSSR count). The maximum atomic E-state index is 11.4. The number of ether oxygens (including phenoxy) is 2. The van der Waals surface area contributed by atoms with Crippen LogP contribution in [0.3, 0.4) is 0 Å². The first kappa shape index (κ1) is 11.0. The molecular weight excluding hydrogens is 204 g/mol. The summed E-state index contributed by atoms with van der Waals surface area (Å²) in [4.78, 5) is 11.4. The van der Waals surface area contributed by atoms with Gasteiger partial charge in [0.05, 0.1) is 14.2 Å². The van der Waals surface area contributed by atoms with E-state index in [1.54, 1.807) is 14.2 Å². The van der Waals surface area contributed by atoms with Crippen molar-refractivity contribution in [2.75, 3.05) is 14.2 Å². The van der Waals surface area contributed by atoms with E-state index >= 15 is 0 Å². The Morgan fingerprint density at radius 1 is 1.19 bits per heavy atom. The van der Waals surface area contributed by atoms with Crippen LogP contribution in [0, 0.1) is 6.92 Å². The Labute approximate surface area is 95.4 Å². The maximum Gasteiger partial charge on any atom is 0.140 e. The zero-order valence-corrected chi connectivity index (χ0v) is 9.87. The highest BCUT2D eigenvalue weighted by Crippen LogP contribution is 2.38. The van der Waals surface area contributed by atoms with Crippen molar-refractivity contribution in [2.24, 2.45) is 0 Å². The Morgan fingerprint density at radius 3 is 2.06 bits per heavy atom. The van der Waals surface area contributed by atoms with E-state index in [2.05, 4.69) is 0 Å². The predicted molar refractivity (Wildman–Crippen MR) is 61.3 cm³/mol. The summed E-state index contributed by atoms with van der Waals surface area (Å²) in [5, 5.41) is 0. The van der Waals surface area contributed by atoms with Crippen LogP contribution in [0.4, 0.5) is 0 Å². The van der Waals surface area contributed by atoms with Crippen LogP contribution >= 0.6 is 0 Å². The molecule has 0 saturated heterocycles. The first-order valence-electron chi connectivity index (χ1n) is 5.42. The second-order valence-electron chi connectivity index (χ2n) is 4.11. The molecule has 0 aliphatic heterocycles. The molecule has 0 spiro atoms. The van der Waals surface area contributed by atoms with Crippen LogP contribution in [-0.4, -0.2) is 20.0 Å². The van der Waals surface area contributed by atoms with E-state index in [-0.39, 0.29) is 5.92 Å². The third-order valence-electron chi connectivity index (χ3n) is 3.24. The average molecular weight is 220 g/mol.